The van der Waals surface area contributed by atoms with E-state index in [2.05, 4.69) is 21.9 Å². The predicted octanol–water partition coefficient (Wildman–Crippen LogP) is 2.63. The van der Waals surface area contributed by atoms with Crippen molar-refractivity contribution in [2.24, 2.45) is 5.73 Å². The van der Waals surface area contributed by atoms with Crippen molar-refractivity contribution in [3.05, 3.63) is 49.1 Å². The van der Waals surface area contributed by atoms with Crippen LogP contribution >= 0.6 is 21.6 Å². The third-order valence-corrected chi connectivity index (χ3v) is 5.43. The van der Waals surface area contributed by atoms with Crippen LogP contribution in [0.3, 0.4) is 0 Å². The molecule has 5 nitrogen and oxygen atoms in total. The lowest BCUT2D eigenvalue weighted by Gasteiger charge is -2.26. The molecule has 1 atom stereocenters. The highest BCUT2D eigenvalue weighted by Gasteiger charge is 2.11. The molecule has 0 spiro atoms. The van der Waals surface area contributed by atoms with Gasteiger partial charge in [0.2, 0.25) is 0 Å². The van der Waals surface area contributed by atoms with E-state index in [-0.39, 0.29) is 5.50 Å². The number of rotatable bonds is 7. The van der Waals surface area contributed by atoms with Crippen LogP contribution in [-0.4, -0.2) is 35.4 Å². The average molecular weight is 321 g/mol. The molecule has 2 aromatic heterocycles. The Bertz CT molecular complexity index is 525. The van der Waals surface area contributed by atoms with Gasteiger partial charge in [0, 0.05) is 50.3 Å². The van der Waals surface area contributed by atoms with Crippen molar-refractivity contribution in [3.63, 3.8) is 0 Å². The summed E-state index contributed by atoms with van der Waals surface area (Å²) in [5.74, 6) is 0.854. The number of hydrogen-bond acceptors (Lipinski definition) is 7. The van der Waals surface area contributed by atoms with Crippen molar-refractivity contribution >= 4 is 33.0 Å². The fourth-order valence-corrected chi connectivity index (χ4v) is 3.86. The van der Waals surface area contributed by atoms with Crippen molar-refractivity contribution in [1.29, 1.82) is 0 Å². The molecule has 1 unspecified atom stereocenters. The number of anilines is 2. The summed E-state index contributed by atoms with van der Waals surface area (Å²) >= 11 is 0. The van der Waals surface area contributed by atoms with E-state index in [1.807, 2.05) is 36.2 Å². The topological polar surface area (TPSA) is 58.3 Å². The number of aromatic nitrogens is 2. The van der Waals surface area contributed by atoms with Gasteiger partial charge in [0.25, 0.3) is 0 Å². The van der Waals surface area contributed by atoms with Gasteiger partial charge in [-0.25, -0.2) is 0 Å². The van der Waals surface area contributed by atoms with Crippen LogP contribution in [0.2, 0.25) is 0 Å². The summed E-state index contributed by atoms with van der Waals surface area (Å²) in [7, 11) is 7.41. The first-order valence-electron chi connectivity index (χ1n) is 6.46. The first kappa shape index (κ1) is 15.9. The lowest BCUT2D eigenvalue weighted by atomic mass is 10.4. The van der Waals surface area contributed by atoms with Gasteiger partial charge in [0.1, 0.15) is 5.50 Å². The van der Waals surface area contributed by atoms with Gasteiger partial charge in [-0.05, 0) is 24.3 Å². The third kappa shape index (κ3) is 4.80. The van der Waals surface area contributed by atoms with Crippen LogP contribution in [0.5, 0.6) is 0 Å². The average Bonchev–Trinajstić information content (AvgIpc) is 2.55. The SMILES string of the molecule is CN(CSSC(N)N(C)c1ccncc1)c1ccncc1. The van der Waals surface area contributed by atoms with E-state index in [9.17, 15) is 0 Å². The summed E-state index contributed by atoms with van der Waals surface area (Å²) in [4.78, 5) is 12.2. The van der Waals surface area contributed by atoms with E-state index in [1.165, 1.54) is 0 Å². The zero-order valence-electron chi connectivity index (χ0n) is 12.1. The maximum atomic E-state index is 6.19. The molecule has 2 rings (SSSR count). The maximum absolute atomic E-state index is 6.19. The van der Waals surface area contributed by atoms with Crippen LogP contribution in [0.15, 0.2) is 49.1 Å². The normalized spacial score (nSPS) is 12.0. The van der Waals surface area contributed by atoms with Crippen molar-refractivity contribution in [2.45, 2.75) is 5.50 Å². The van der Waals surface area contributed by atoms with E-state index in [4.69, 9.17) is 5.73 Å². The Kier molecular flexibility index (Phi) is 6.16. The Balaban J connectivity index is 1.78. The minimum absolute atomic E-state index is 0.108. The van der Waals surface area contributed by atoms with Gasteiger partial charge >= 0.3 is 0 Å². The van der Waals surface area contributed by atoms with Gasteiger partial charge in [-0.2, -0.15) is 0 Å². The van der Waals surface area contributed by atoms with Crippen LogP contribution < -0.4 is 15.5 Å². The van der Waals surface area contributed by atoms with Gasteiger partial charge in [0.05, 0.1) is 5.88 Å². The third-order valence-electron chi connectivity index (χ3n) is 2.97. The lowest BCUT2D eigenvalue weighted by Crippen LogP contribution is -2.36. The van der Waals surface area contributed by atoms with Crippen LogP contribution in [-0.2, 0) is 0 Å². The predicted molar refractivity (Wildman–Crippen MR) is 93.3 cm³/mol. The van der Waals surface area contributed by atoms with Gasteiger partial charge < -0.3 is 15.5 Å². The van der Waals surface area contributed by atoms with E-state index in [0.717, 1.165) is 17.3 Å². The van der Waals surface area contributed by atoms with Crippen molar-refractivity contribution < 1.29 is 0 Å². The quantitative estimate of drug-likeness (QED) is 0.621. The van der Waals surface area contributed by atoms with Crippen LogP contribution in [0.4, 0.5) is 11.4 Å². The lowest BCUT2D eigenvalue weighted by molar-refractivity contribution is 0.875. The maximum Gasteiger partial charge on any atom is 0.135 e. The first-order valence-corrected chi connectivity index (χ1v) is 8.84. The second-order valence-corrected chi connectivity index (χ2v) is 6.91. The zero-order chi connectivity index (χ0) is 15.1. The fourth-order valence-electron chi connectivity index (χ4n) is 1.64. The minimum Gasteiger partial charge on any atom is -0.364 e. The standard InChI is InChI=1S/C14H19N5S2/c1-18(12-3-7-16-8-4-12)11-20-21-14(15)19(2)13-5-9-17-10-6-13/h3-10,14H,11,15H2,1-2H3. The molecule has 21 heavy (non-hydrogen) atoms. The van der Waals surface area contributed by atoms with Crippen molar-refractivity contribution in [3.8, 4) is 0 Å². The molecular weight excluding hydrogens is 302 g/mol. The molecule has 0 bridgehead atoms. The molecule has 2 heterocycles. The first-order chi connectivity index (χ1) is 10.2. The minimum atomic E-state index is -0.108. The Morgan fingerprint density at radius 2 is 1.52 bits per heavy atom. The van der Waals surface area contributed by atoms with Gasteiger partial charge in [-0.3, -0.25) is 9.97 Å². The van der Waals surface area contributed by atoms with Gasteiger partial charge in [0.15, 0.2) is 0 Å². The molecule has 0 radical (unpaired) electrons. The largest absolute Gasteiger partial charge is 0.364 e. The number of hydrogen-bond donors (Lipinski definition) is 1. The number of nitrogens with zero attached hydrogens (tertiary/aromatic N) is 4. The Morgan fingerprint density at radius 1 is 1.00 bits per heavy atom. The molecular formula is C14H19N5S2. The molecule has 112 valence electrons. The smallest absolute Gasteiger partial charge is 0.135 e. The monoisotopic (exact) mass is 321 g/mol. The molecule has 0 aliphatic heterocycles. The second-order valence-electron chi connectivity index (χ2n) is 4.45. The molecule has 0 fully saturated rings. The number of nitrogens with two attached hydrogens (primary N) is 1. The Morgan fingerprint density at radius 3 is 2.10 bits per heavy atom. The second kappa shape index (κ2) is 8.11. The number of pyridine rings is 2. The molecule has 0 saturated carbocycles. The molecule has 0 amide bonds. The van der Waals surface area contributed by atoms with Crippen molar-refractivity contribution in [2.75, 3.05) is 29.8 Å². The van der Waals surface area contributed by atoms with Gasteiger partial charge in [-0.15, -0.1) is 0 Å². The molecule has 2 aromatic rings. The summed E-state index contributed by atoms with van der Waals surface area (Å²) in [5.41, 5.74) is 8.30. The van der Waals surface area contributed by atoms with E-state index >= 15 is 0 Å². The summed E-state index contributed by atoms with van der Waals surface area (Å²) in [6.07, 6.45) is 7.14. The highest BCUT2D eigenvalue weighted by Crippen LogP contribution is 2.29. The molecule has 0 aliphatic carbocycles. The Labute approximate surface area is 133 Å². The molecule has 0 aromatic carbocycles. The highest BCUT2D eigenvalue weighted by atomic mass is 33.1. The van der Waals surface area contributed by atoms with E-state index in [0.29, 0.717) is 0 Å². The summed E-state index contributed by atoms with van der Waals surface area (Å²) in [6.45, 7) is 0. The van der Waals surface area contributed by atoms with E-state index in [1.54, 1.807) is 46.4 Å². The summed E-state index contributed by atoms with van der Waals surface area (Å²) in [5, 5.41) is 0. The molecule has 7 heteroatoms. The highest BCUT2D eigenvalue weighted by molar-refractivity contribution is 8.77. The Hall–Kier alpha value is -1.44. The molecule has 0 aliphatic rings. The zero-order valence-corrected chi connectivity index (χ0v) is 13.7. The van der Waals surface area contributed by atoms with Crippen LogP contribution in [0.25, 0.3) is 0 Å². The van der Waals surface area contributed by atoms with Gasteiger partial charge in [-0.1, -0.05) is 21.6 Å². The van der Waals surface area contributed by atoms with Crippen LogP contribution in [0.1, 0.15) is 0 Å². The van der Waals surface area contributed by atoms with Crippen molar-refractivity contribution in [1.82, 2.24) is 9.97 Å². The summed E-state index contributed by atoms with van der Waals surface area (Å²) in [6, 6.07) is 7.89. The fraction of sp³-hybridized carbons (Fsp3) is 0.286. The van der Waals surface area contributed by atoms with E-state index < -0.39 is 0 Å². The summed E-state index contributed by atoms with van der Waals surface area (Å²) < 4.78 is 0. The van der Waals surface area contributed by atoms with Crippen LogP contribution in [0, 0.1) is 0 Å². The molecule has 0 saturated heterocycles. The molecule has 2 N–H and O–H groups in total.